The lowest BCUT2D eigenvalue weighted by atomic mass is 10.0. The molecule has 0 saturated carbocycles. The molecule has 2 atom stereocenters. The quantitative estimate of drug-likeness (QED) is 0.738. The highest BCUT2D eigenvalue weighted by Gasteiger charge is 2.08. The van der Waals surface area contributed by atoms with E-state index in [0.29, 0.717) is 0 Å². The van der Waals surface area contributed by atoms with Crippen molar-refractivity contribution in [2.45, 2.75) is 91.1 Å². The fraction of sp³-hybridized carbons (Fsp3) is 1.00. The van der Waals surface area contributed by atoms with Crippen LogP contribution in [0, 0.1) is 0 Å². The summed E-state index contributed by atoms with van der Waals surface area (Å²) in [6, 6.07) is 1.61. The van der Waals surface area contributed by atoms with Crippen molar-refractivity contribution in [1.82, 2.24) is 10.6 Å². The van der Waals surface area contributed by atoms with Gasteiger partial charge in [-0.05, 0) is 52.1 Å². The van der Waals surface area contributed by atoms with Crippen LogP contribution in [0.5, 0.6) is 0 Å². The zero-order valence-electron chi connectivity index (χ0n) is 13.2. The third-order valence-corrected chi connectivity index (χ3v) is 3.71. The second-order valence-electron chi connectivity index (χ2n) is 5.26. The van der Waals surface area contributed by atoms with Crippen molar-refractivity contribution in [3.8, 4) is 0 Å². The van der Waals surface area contributed by atoms with Gasteiger partial charge < -0.3 is 10.6 Å². The van der Waals surface area contributed by atoms with Gasteiger partial charge in [0.1, 0.15) is 0 Å². The smallest absolute Gasteiger partial charge is 0.00644 e. The van der Waals surface area contributed by atoms with E-state index in [1.807, 2.05) is 13.8 Å². The molecule has 2 aliphatic heterocycles. The number of piperidine rings is 1. The van der Waals surface area contributed by atoms with Gasteiger partial charge in [0.15, 0.2) is 0 Å². The van der Waals surface area contributed by atoms with Crippen LogP contribution in [-0.4, -0.2) is 25.2 Å². The fourth-order valence-electron chi connectivity index (χ4n) is 2.48. The Hall–Kier alpha value is -0.0800. The first-order valence-electron chi connectivity index (χ1n) is 8.29. The van der Waals surface area contributed by atoms with Crippen LogP contribution < -0.4 is 10.6 Å². The van der Waals surface area contributed by atoms with Gasteiger partial charge in [0.25, 0.3) is 0 Å². The minimum absolute atomic E-state index is 0.775. The lowest BCUT2D eigenvalue weighted by molar-refractivity contribution is 0.393. The molecule has 2 nitrogen and oxygen atoms in total. The summed E-state index contributed by atoms with van der Waals surface area (Å²) in [5.41, 5.74) is 0. The minimum atomic E-state index is 0.775. The van der Waals surface area contributed by atoms with E-state index in [1.54, 1.807) is 0 Å². The highest BCUT2D eigenvalue weighted by Crippen LogP contribution is 2.08. The van der Waals surface area contributed by atoms with Crippen molar-refractivity contribution in [1.29, 1.82) is 0 Å². The fourth-order valence-corrected chi connectivity index (χ4v) is 2.48. The van der Waals surface area contributed by atoms with Gasteiger partial charge in [0.05, 0.1) is 0 Å². The normalized spacial score (nSPS) is 28.0. The Labute approximate surface area is 115 Å². The van der Waals surface area contributed by atoms with Crippen LogP contribution in [0.1, 0.15) is 79.1 Å². The summed E-state index contributed by atoms with van der Waals surface area (Å²) in [4.78, 5) is 0. The molecule has 0 amide bonds. The lowest BCUT2D eigenvalue weighted by Crippen LogP contribution is -2.32. The molecule has 2 fully saturated rings. The predicted molar refractivity (Wildman–Crippen MR) is 83.2 cm³/mol. The second-order valence-corrected chi connectivity index (χ2v) is 5.26. The molecular formula is C16H36N2. The number of hydrogen-bond donors (Lipinski definition) is 2. The van der Waals surface area contributed by atoms with Crippen molar-refractivity contribution >= 4 is 0 Å². The summed E-state index contributed by atoms with van der Waals surface area (Å²) in [5.74, 6) is 0. The molecule has 2 heteroatoms. The molecule has 2 aliphatic rings. The molecule has 0 radical (unpaired) electrons. The largest absolute Gasteiger partial charge is 0.314 e. The van der Waals surface area contributed by atoms with Crippen LogP contribution in [0.4, 0.5) is 0 Å². The van der Waals surface area contributed by atoms with Crippen LogP contribution in [0.15, 0.2) is 0 Å². The Morgan fingerprint density at radius 1 is 0.833 bits per heavy atom. The first-order valence-corrected chi connectivity index (χ1v) is 8.29. The summed E-state index contributed by atoms with van der Waals surface area (Å²) < 4.78 is 0. The van der Waals surface area contributed by atoms with Crippen molar-refractivity contribution in [2.24, 2.45) is 0 Å². The third kappa shape index (κ3) is 9.90. The van der Waals surface area contributed by atoms with Gasteiger partial charge in [0.2, 0.25) is 0 Å². The second kappa shape index (κ2) is 13.4. The van der Waals surface area contributed by atoms with Crippen molar-refractivity contribution in [2.75, 3.05) is 13.1 Å². The van der Waals surface area contributed by atoms with Gasteiger partial charge in [-0.2, -0.15) is 0 Å². The van der Waals surface area contributed by atoms with E-state index in [2.05, 4.69) is 24.5 Å². The molecule has 2 heterocycles. The van der Waals surface area contributed by atoms with E-state index in [9.17, 15) is 0 Å². The lowest BCUT2D eigenvalue weighted by Gasteiger charge is -2.21. The molecule has 0 aromatic carbocycles. The van der Waals surface area contributed by atoms with Gasteiger partial charge >= 0.3 is 0 Å². The highest BCUT2D eigenvalue weighted by molar-refractivity contribution is 4.69. The molecule has 0 aromatic heterocycles. The van der Waals surface area contributed by atoms with Gasteiger partial charge in [-0.3, -0.25) is 0 Å². The minimum Gasteiger partial charge on any atom is -0.314 e. The summed E-state index contributed by atoms with van der Waals surface area (Å²) in [6.45, 7) is 11.0. The molecule has 0 bridgehead atoms. The zero-order valence-corrected chi connectivity index (χ0v) is 13.2. The highest BCUT2D eigenvalue weighted by atomic mass is 14.9. The van der Waals surface area contributed by atoms with Crippen molar-refractivity contribution < 1.29 is 0 Å². The van der Waals surface area contributed by atoms with E-state index >= 15 is 0 Å². The first-order chi connectivity index (χ1) is 8.83. The Morgan fingerprint density at radius 3 is 2.00 bits per heavy atom. The first kappa shape index (κ1) is 17.9. The Bertz CT molecular complexity index is 145. The van der Waals surface area contributed by atoms with Crippen LogP contribution in [-0.2, 0) is 0 Å². The summed E-state index contributed by atoms with van der Waals surface area (Å²) >= 11 is 0. The topological polar surface area (TPSA) is 24.1 Å². The van der Waals surface area contributed by atoms with Crippen LogP contribution >= 0.6 is 0 Å². The summed E-state index contributed by atoms with van der Waals surface area (Å²) in [7, 11) is 0. The Morgan fingerprint density at radius 2 is 1.44 bits per heavy atom. The SMILES string of the molecule is CC.CC1CCCCCN1.CCC1CCCCN1. The van der Waals surface area contributed by atoms with Crippen LogP contribution in [0.25, 0.3) is 0 Å². The average molecular weight is 256 g/mol. The monoisotopic (exact) mass is 256 g/mol. The van der Waals surface area contributed by atoms with E-state index < -0.39 is 0 Å². The number of rotatable bonds is 1. The Kier molecular flexibility index (Phi) is 13.3. The molecule has 18 heavy (non-hydrogen) atoms. The van der Waals surface area contributed by atoms with Gasteiger partial charge in [0, 0.05) is 12.1 Å². The van der Waals surface area contributed by atoms with E-state index in [1.165, 1.54) is 64.5 Å². The van der Waals surface area contributed by atoms with Gasteiger partial charge in [-0.15, -0.1) is 0 Å². The molecule has 110 valence electrons. The molecule has 2 saturated heterocycles. The van der Waals surface area contributed by atoms with Crippen LogP contribution in [0.2, 0.25) is 0 Å². The third-order valence-electron chi connectivity index (χ3n) is 3.71. The molecule has 0 aliphatic carbocycles. The van der Waals surface area contributed by atoms with E-state index in [0.717, 1.165) is 12.1 Å². The molecule has 2 N–H and O–H groups in total. The maximum absolute atomic E-state index is 3.47. The maximum Gasteiger partial charge on any atom is 0.00644 e. The van der Waals surface area contributed by atoms with E-state index in [-0.39, 0.29) is 0 Å². The maximum atomic E-state index is 3.47. The molecule has 0 aromatic rings. The van der Waals surface area contributed by atoms with Gasteiger partial charge in [-0.1, -0.05) is 40.0 Å². The summed E-state index contributed by atoms with van der Waals surface area (Å²) in [5, 5.41) is 6.91. The standard InChI is InChI=1S/2C7H15N.C2H6/c1-7-5-3-2-4-6-8-7;1-2-7-5-3-4-6-8-7;1-2/h2*7-8H,2-6H2,1H3;1-2H3. The molecule has 0 spiro atoms. The predicted octanol–water partition coefficient (Wildman–Crippen LogP) is 4.10. The number of nitrogens with one attached hydrogen (secondary N) is 2. The number of hydrogen-bond acceptors (Lipinski definition) is 2. The summed E-state index contributed by atoms with van der Waals surface area (Å²) in [6.07, 6.45) is 11.1. The van der Waals surface area contributed by atoms with Crippen molar-refractivity contribution in [3.05, 3.63) is 0 Å². The zero-order chi connectivity index (χ0) is 13.6. The molecular weight excluding hydrogens is 220 g/mol. The van der Waals surface area contributed by atoms with E-state index in [4.69, 9.17) is 0 Å². The molecule has 2 unspecified atom stereocenters. The van der Waals surface area contributed by atoms with Crippen molar-refractivity contribution in [3.63, 3.8) is 0 Å². The van der Waals surface area contributed by atoms with Gasteiger partial charge in [-0.25, -0.2) is 0 Å². The van der Waals surface area contributed by atoms with Crippen LogP contribution in [0.3, 0.4) is 0 Å². The average Bonchev–Trinajstić information content (AvgIpc) is 2.70. The Balaban J connectivity index is 0.000000283. The molecule has 2 rings (SSSR count).